The number of hydrogen-bond donors (Lipinski definition) is 3. The summed E-state index contributed by atoms with van der Waals surface area (Å²) < 4.78 is 69.0. The van der Waals surface area contributed by atoms with Gasteiger partial charge in [-0.05, 0) is 43.4 Å². The molecule has 0 fully saturated rings. The number of unbranched alkanes of at least 4 members (excludes halogenated alkanes) is 53. The van der Waals surface area contributed by atoms with E-state index in [1.165, 1.54) is 276 Å². The zero-order chi connectivity index (χ0) is 79.3. The highest BCUT2D eigenvalue weighted by Crippen LogP contribution is 2.45. The molecule has 108 heavy (non-hydrogen) atoms. The largest absolute Gasteiger partial charge is 0.472 e. The molecule has 0 rings (SSSR count). The van der Waals surface area contributed by atoms with Crippen molar-refractivity contribution in [3.05, 3.63) is 0 Å². The minimum Gasteiger partial charge on any atom is -0.462 e. The first-order valence-electron chi connectivity index (χ1n) is 45.9. The van der Waals surface area contributed by atoms with Gasteiger partial charge in [-0.3, -0.25) is 37.3 Å². The van der Waals surface area contributed by atoms with E-state index in [0.29, 0.717) is 31.6 Å². The number of esters is 4. The quantitative estimate of drug-likeness (QED) is 0.0222. The predicted octanol–water partition coefficient (Wildman–Crippen LogP) is 27.3. The third-order valence-corrected chi connectivity index (χ3v) is 23.5. The number of aliphatic hydroxyl groups is 1. The van der Waals surface area contributed by atoms with Crippen molar-refractivity contribution in [1.82, 2.24) is 0 Å². The summed E-state index contributed by atoms with van der Waals surface area (Å²) in [6.45, 7) is 12.1. The minimum absolute atomic E-state index is 0.108. The Bertz CT molecular complexity index is 2080. The molecule has 0 spiro atoms. The van der Waals surface area contributed by atoms with E-state index in [9.17, 15) is 43.2 Å². The van der Waals surface area contributed by atoms with E-state index >= 15 is 0 Å². The molecule has 4 unspecified atom stereocenters. The second-order valence-electron chi connectivity index (χ2n) is 32.9. The van der Waals surface area contributed by atoms with Crippen molar-refractivity contribution in [3.63, 3.8) is 0 Å². The lowest BCUT2D eigenvalue weighted by molar-refractivity contribution is -0.161. The topological polar surface area (TPSA) is 237 Å². The maximum atomic E-state index is 13.2. The molecule has 0 aliphatic rings. The van der Waals surface area contributed by atoms with Crippen LogP contribution >= 0.6 is 15.6 Å². The number of hydrogen-bond acceptors (Lipinski definition) is 15. The zero-order valence-electron chi connectivity index (χ0n) is 71.3. The highest BCUT2D eigenvalue weighted by molar-refractivity contribution is 7.47. The molecule has 0 amide bonds. The van der Waals surface area contributed by atoms with Crippen LogP contribution in [0.4, 0.5) is 0 Å². The summed E-state index contributed by atoms with van der Waals surface area (Å²) in [5, 5.41) is 10.7. The van der Waals surface area contributed by atoms with E-state index in [1.54, 1.807) is 0 Å². The van der Waals surface area contributed by atoms with Crippen LogP contribution in [0.5, 0.6) is 0 Å². The Morgan fingerprint density at radius 1 is 0.269 bits per heavy atom. The number of rotatable bonds is 87. The average Bonchev–Trinajstić information content (AvgIpc) is 0.891. The van der Waals surface area contributed by atoms with E-state index in [-0.39, 0.29) is 25.7 Å². The fraction of sp³-hybridized carbons (Fsp3) is 0.955. The van der Waals surface area contributed by atoms with Gasteiger partial charge in [-0.2, -0.15) is 0 Å². The normalized spacial score (nSPS) is 14.3. The van der Waals surface area contributed by atoms with E-state index in [1.807, 2.05) is 0 Å². The minimum atomic E-state index is -4.97. The molecule has 17 nitrogen and oxygen atoms in total. The van der Waals surface area contributed by atoms with Crippen LogP contribution < -0.4 is 0 Å². The fourth-order valence-electron chi connectivity index (χ4n) is 13.8. The summed E-state index contributed by atoms with van der Waals surface area (Å²) in [6.07, 6.45) is 70.9. The summed E-state index contributed by atoms with van der Waals surface area (Å²) in [7, 11) is -9.93. The van der Waals surface area contributed by atoms with E-state index < -0.39 is 97.5 Å². The molecule has 0 heterocycles. The van der Waals surface area contributed by atoms with Crippen molar-refractivity contribution >= 4 is 39.5 Å². The van der Waals surface area contributed by atoms with Crippen LogP contribution in [-0.4, -0.2) is 96.7 Å². The summed E-state index contributed by atoms with van der Waals surface area (Å²) in [6, 6.07) is 0. The molecule has 0 saturated heterocycles. The zero-order valence-corrected chi connectivity index (χ0v) is 73.1. The SMILES string of the molecule is CCCCCCCCCCCCCCCCCCCCC(=O)O[C@H](COC(=O)CCCCCCCCCC(C)C)COP(=O)(O)OC[C@H](O)COP(=O)(O)OC[C@@H](COC(=O)CCCCCCCCCCCCCCCCC(C)CC)OC(=O)CCCCCCCCCCCCCCCCCCCCC(C)CC. The van der Waals surface area contributed by atoms with Crippen molar-refractivity contribution in [2.75, 3.05) is 39.6 Å². The van der Waals surface area contributed by atoms with Gasteiger partial charge in [0.05, 0.1) is 26.4 Å². The number of aliphatic hydroxyl groups excluding tert-OH is 1. The highest BCUT2D eigenvalue weighted by Gasteiger charge is 2.31. The van der Waals surface area contributed by atoms with E-state index in [4.69, 9.17) is 37.0 Å². The van der Waals surface area contributed by atoms with Crippen LogP contribution in [-0.2, 0) is 65.4 Å². The van der Waals surface area contributed by atoms with Crippen molar-refractivity contribution in [1.29, 1.82) is 0 Å². The van der Waals surface area contributed by atoms with Crippen molar-refractivity contribution < 1.29 is 80.2 Å². The maximum Gasteiger partial charge on any atom is 0.472 e. The van der Waals surface area contributed by atoms with E-state index in [0.717, 1.165) is 108 Å². The third kappa shape index (κ3) is 79.3. The number of carbonyl (C=O) groups excluding carboxylic acids is 4. The van der Waals surface area contributed by atoms with Crippen LogP contribution in [0.15, 0.2) is 0 Å². The van der Waals surface area contributed by atoms with Crippen LogP contribution in [0.3, 0.4) is 0 Å². The van der Waals surface area contributed by atoms with Gasteiger partial charge < -0.3 is 33.8 Å². The Morgan fingerprint density at radius 2 is 0.472 bits per heavy atom. The van der Waals surface area contributed by atoms with Crippen molar-refractivity contribution in [3.8, 4) is 0 Å². The third-order valence-electron chi connectivity index (χ3n) is 21.6. The molecular formula is C89H174O17P2. The Morgan fingerprint density at radius 3 is 0.704 bits per heavy atom. The van der Waals surface area contributed by atoms with Gasteiger partial charge >= 0.3 is 39.5 Å². The summed E-state index contributed by atoms with van der Waals surface area (Å²) in [5.74, 6) is 0.324. The Labute approximate surface area is 664 Å². The molecule has 0 aromatic carbocycles. The number of phosphoric acid groups is 2. The molecule has 0 aliphatic heterocycles. The predicted molar refractivity (Wildman–Crippen MR) is 446 cm³/mol. The van der Waals surface area contributed by atoms with Crippen LogP contribution in [0.1, 0.15) is 472 Å². The van der Waals surface area contributed by atoms with Crippen molar-refractivity contribution in [2.45, 2.75) is 491 Å². The Balaban J connectivity index is 5.22. The Kier molecular flexibility index (Phi) is 77.5. The van der Waals surface area contributed by atoms with Gasteiger partial charge in [0.1, 0.15) is 19.3 Å². The number of phosphoric ester groups is 2. The standard InChI is InChI=1S/C89H174O17P2/c1-8-11-12-13-14-15-16-17-18-19-23-26-33-38-43-50-58-66-73-89(94)106-85(77-100-87(92)71-64-57-52-45-46-53-60-67-80(4)5)79-104-108(97,98)102-75-83(90)74-101-107(95,96)103-78-84(76-99-86(91)70-63-56-49-42-37-32-29-28-31-36-41-48-55-62-69-82(7)10-3)105-88(93)72-65-59-51-44-39-34-27-24-21-20-22-25-30-35-40-47-54-61-68-81(6)9-2/h80-85,90H,8-79H2,1-7H3,(H,95,96)(H,97,98)/t81?,82?,83-,84-,85-/m1/s1. The first-order chi connectivity index (χ1) is 52.3. The smallest absolute Gasteiger partial charge is 0.462 e. The Hall–Kier alpha value is -1.94. The lowest BCUT2D eigenvalue weighted by Gasteiger charge is -2.21. The maximum absolute atomic E-state index is 13.2. The summed E-state index contributed by atoms with van der Waals surface area (Å²) in [5.41, 5.74) is 0. The molecule has 0 aromatic rings. The monoisotopic (exact) mass is 1580 g/mol. The summed E-state index contributed by atoms with van der Waals surface area (Å²) in [4.78, 5) is 73.3. The molecule has 642 valence electrons. The average molecular weight is 1580 g/mol. The summed E-state index contributed by atoms with van der Waals surface area (Å²) >= 11 is 0. The first kappa shape index (κ1) is 106. The molecule has 0 aliphatic carbocycles. The number of carbonyl (C=O) groups is 4. The molecule has 19 heteroatoms. The van der Waals surface area contributed by atoms with Gasteiger partial charge in [0.25, 0.3) is 0 Å². The van der Waals surface area contributed by atoms with Crippen molar-refractivity contribution in [2.24, 2.45) is 17.8 Å². The molecule has 0 saturated carbocycles. The van der Waals surface area contributed by atoms with Gasteiger partial charge in [0, 0.05) is 25.7 Å². The molecule has 7 atom stereocenters. The lowest BCUT2D eigenvalue weighted by atomic mass is 9.99. The van der Waals surface area contributed by atoms with Gasteiger partial charge in [-0.15, -0.1) is 0 Å². The highest BCUT2D eigenvalue weighted by atomic mass is 31.2. The van der Waals surface area contributed by atoms with Gasteiger partial charge in [0.2, 0.25) is 0 Å². The number of ether oxygens (including phenoxy) is 4. The molecule has 0 bridgehead atoms. The van der Waals surface area contributed by atoms with Crippen LogP contribution in [0.25, 0.3) is 0 Å². The second kappa shape index (κ2) is 78.9. The van der Waals surface area contributed by atoms with Crippen LogP contribution in [0.2, 0.25) is 0 Å². The molecule has 3 N–H and O–H groups in total. The fourth-order valence-corrected chi connectivity index (χ4v) is 15.4. The first-order valence-corrected chi connectivity index (χ1v) is 48.9. The van der Waals surface area contributed by atoms with Crippen LogP contribution in [0, 0.1) is 17.8 Å². The molecular weight excluding hydrogens is 1400 g/mol. The second-order valence-corrected chi connectivity index (χ2v) is 35.9. The van der Waals surface area contributed by atoms with Gasteiger partial charge in [-0.25, -0.2) is 9.13 Å². The molecule has 0 aromatic heterocycles. The lowest BCUT2D eigenvalue weighted by Crippen LogP contribution is -2.30. The molecule has 0 radical (unpaired) electrons. The van der Waals surface area contributed by atoms with Gasteiger partial charge in [0.15, 0.2) is 12.2 Å². The van der Waals surface area contributed by atoms with E-state index in [2.05, 4.69) is 48.5 Å². The van der Waals surface area contributed by atoms with Gasteiger partial charge in [-0.1, -0.05) is 421 Å².